The summed E-state index contributed by atoms with van der Waals surface area (Å²) in [5.41, 5.74) is 4.24. The SMILES string of the molecule is NC(=O)Cn1ncc(SCC(=O)O)c(Cl)c1=O. The molecule has 1 heterocycles. The second-order valence-corrected chi connectivity index (χ2v) is 4.33. The Morgan fingerprint density at radius 1 is 1.59 bits per heavy atom. The second kappa shape index (κ2) is 5.69. The third kappa shape index (κ3) is 3.75. The van der Waals surface area contributed by atoms with Gasteiger partial charge >= 0.3 is 5.97 Å². The van der Waals surface area contributed by atoms with Crippen molar-refractivity contribution in [1.82, 2.24) is 9.78 Å². The number of amides is 1. The first kappa shape index (κ1) is 13.5. The van der Waals surface area contributed by atoms with Crippen LogP contribution < -0.4 is 11.3 Å². The zero-order valence-corrected chi connectivity index (χ0v) is 9.99. The first-order valence-corrected chi connectivity index (χ1v) is 5.66. The van der Waals surface area contributed by atoms with Crippen LogP contribution in [0.2, 0.25) is 5.02 Å². The Kier molecular flexibility index (Phi) is 4.53. The zero-order chi connectivity index (χ0) is 13.0. The number of hydrogen-bond acceptors (Lipinski definition) is 5. The van der Waals surface area contributed by atoms with E-state index in [0.717, 1.165) is 16.4 Å². The summed E-state index contributed by atoms with van der Waals surface area (Å²) in [6.07, 6.45) is 1.22. The minimum absolute atomic E-state index is 0.174. The summed E-state index contributed by atoms with van der Waals surface area (Å²) >= 11 is 6.60. The molecule has 0 fully saturated rings. The lowest BCUT2D eigenvalue weighted by Crippen LogP contribution is -2.30. The van der Waals surface area contributed by atoms with Crippen molar-refractivity contribution < 1.29 is 14.7 Å². The van der Waals surface area contributed by atoms with Crippen molar-refractivity contribution in [2.75, 3.05) is 5.75 Å². The van der Waals surface area contributed by atoms with Crippen LogP contribution in [0.15, 0.2) is 15.9 Å². The number of aliphatic carboxylic acids is 1. The number of halogens is 1. The Hall–Kier alpha value is -1.54. The molecule has 0 spiro atoms. The van der Waals surface area contributed by atoms with Gasteiger partial charge in [0.25, 0.3) is 5.56 Å². The molecule has 0 aliphatic rings. The highest BCUT2D eigenvalue weighted by Crippen LogP contribution is 2.22. The summed E-state index contributed by atoms with van der Waals surface area (Å²) in [6.45, 7) is -0.373. The predicted octanol–water partition coefficient (Wildman–Crippen LogP) is -0.441. The Balaban J connectivity index is 2.98. The number of primary amides is 1. The molecule has 0 aliphatic heterocycles. The molecule has 0 saturated carbocycles. The zero-order valence-electron chi connectivity index (χ0n) is 8.42. The maximum Gasteiger partial charge on any atom is 0.313 e. The topological polar surface area (TPSA) is 115 Å². The van der Waals surface area contributed by atoms with Crippen molar-refractivity contribution in [2.24, 2.45) is 5.73 Å². The van der Waals surface area contributed by atoms with Gasteiger partial charge in [-0.2, -0.15) is 5.10 Å². The second-order valence-electron chi connectivity index (χ2n) is 2.93. The summed E-state index contributed by atoms with van der Waals surface area (Å²) in [5, 5.41) is 12.0. The van der Waals surface area contributed by atoms with Crippen LogP contribution >= 0.6 is 23.4 Å². The lowest BCUT2D eigenvalue weighted by molar-refractivity contribution is -0.133. The minimum atomic E-state index is -1.03. The molecule has 1 amide bonds. The summed E-state index contributed by atoms with van der Waals surface area (Å²) < 4.78 is 0.815. The first-order valence-electron chi connectivity index (χ1n) is 4.30. The number of carboxylic acids is 1. The Labute approximate surface area is 105 Å². The van der Waals surface area contributed by atoms with Gasteiger partial charge in [-0.1, -0.05) is 11.6 Å². The summed E-state index contributed by atoms with van der Waals surface area (Å²) in [7, 11) is 0. The Morgan fingerprint density at radius 3 is 2.76 bits per heavy atom. The van der Waals surface area contributed by atoms with Crippen LogP contribution in [-0.4, -0.2) is 32.5 Å². The van der Waals surface area contributed by atoms with Crippen molar-refractivity contribution in [3.05, 3.63) is 21.6 Å². The van der Waals surface area contributed by atoms with E-state index in [-0.39, 0.29) is 22.2 Å². The van der Waals surface area contributed by atoms with Crippen molar-refractivity contribution >= 4 is 35.2 Å². The number of nitrogens with two attached hydrogens (primary N) is 1. The number of rotatable bonds is 5. The molecule has 0 unspecified atom stereocenters. The van der Waals surface area contributed by atoms with Gasteiger partial charge in [0.2, 0.25) is 5.91 Å². The van der Waals surface area contributed by atoms with Gasteiger partial charge in [0, 0.05) is 0 Å². The molecule has 17 heavy (non-hydrogen) atoms. The maximum absolute atomic E-state index is 11.6. The molecule has 1 rings (SSSR count). The van der Waals surface area contributed by atoms with Crippen LogP contribution in [0.25, 0.3) is 0 Å². The largest absolute Gasteiger partial charge is 0.481 e. The molecule has 1 aromatic rings. The smallest absolute Gasteiger partial charge is 0.313 e. The molecule has 0 atom stereocenters. The van der Waals surface area contributed by atoms with Crippen LogP contribution in [0.1, 0.15) is 0 Å². The Bertz CT molecular complexity index is 516. The molecular weight excluding hydrogens is 270 g/mol. The number of carboxylic acid groups (broad SMARTS) is 1. The standard InChI is InChI=1S/C8H8ClN3O4S/c9-7-4(17-3-6(14)15)1-11-12(8(7)16)2-5(10)13/h1H,2-3H2,(H2,10,13)(H,14,15). The molecular formula is C8H8ClN3O4S. The molecule has 92 valence electrons. The van der Waals surface area contributed by atoms with Gasteiger partial charge in [-0.05, 0) is 0 Å². The monoisotopic (exact) mass is 277 g/mol. The van der Waals surface area contributed by atoms with Gasteiger partial charge in [0.15, 0.2) is 0 Å². The average Bonchev–Trinajstić information content (AvgIpc) is 2.23. The summed E-state index contributed by atoms with van der Waals surface area (Å²) in [5.74, 6) is -1.99. The van der Waals surface area contributed by atoms with Gasteiger partial charge in [0.05, 0.1) is 16.8 Å². The molecule has 0 radical (unpaired) electrons. The van der Waals surface area contributed by atoms with E-state index in [1.165, 1.54) is 6.20 Å². The van der Waals surface area contributed by atoms with Gasteiger partial charge < -0.3 is 10.8 Å². The van der Waals surface area contributed by atoms with E-state index in [0.29, 0.717) is 0 Å². The van der Waals surface area contributed by atoms with Gasteiger partial charge in [-0.15, -0.1) is 11.8 Å². The normalized spacial score (nSPS) is 10.2. The third-order valence-corrected chi connectivity index (χ3v) is 3.10. The number of aromatic nitrogens is 2. The molecule has 0 aromatic carbocycles. The molecule has 9 heteroatoms. The number of carbonyl (C=O) groups excluding carboxylic acids is 1. The van der Waals surface area contributed by atoms with Gasteiger partial charge in [0.1, 0.15) is 11.6 Å². The lowest BCUT2D eigenvalue weighted by atomic mass is 10.5. The van der Waals surface area contributed by atoms with Crippen LogP contribution in [0.4, 0.5) is 0 Å². The van der Waals surface area contributed by atoms with E-state index >= 15 is 0 Å². The Morgan fingerprint density at radius 2 is 2.24 bits per heavy atom. The summed E-state index contributed by atoms with van der Waals surface area (Å²) in [4.78, 5) is 32.8. The van der Waals surface area contributed by atoms with Crippen molar-refractivity contribution in [1.29, 1.82) is 0 Å². The van der Waals surface area contributed by atoms with Crippen molar-refractivity contribution in [2.45, 2.75) is 11.4 Å². The average molecular weight is 278 g/mol. The van der Waals surface area contributed by atoms with Crippen LogP contribution in [0.3, 0.4) is 0 Å². The molecule has 0 aliphatic carbocycles. The van der Waals surface area contributed by atoms with Gasteiger partial charge in [-0.25, -0.2) is 4.68 Å². The van der Waals surface area contributed by atoms with Crippen LogP contribution in [-0.2, 0) is 16.1 Å². The van der Waals surface area contributed by atoms with Crippen molar-refractivity contribution in [3.63, 3.8) is 0 Å². The maximum atomic E-state index is 11.6. The fourth-order valence-corrected chi connectivity index (χ4v) is 1.88. The molecule has 7 nitrogen and oxygen atoms in total. The minimum Gasteiger partial charge on any atom is -0.481 e. The van der Waals surface area contributed by atoms with Crippen LogP contribution in [0, 0.1) is 0 Å². The number of nitrogens with zero attached hydrogens (tertiary/aromatic N) is 2. The quantitative estimate of drug-likeness (QED) is 0.705. The van der Waals surface area contributed by atoms with E-state index in [1.54, 1.807) is 0 Å². The fourth-order valence-electron chi connectivity index (χ4n) is 0.950. The van der Waals surface area contributed by atoms with E-state index < -0.39 is 17.4 Å². The van der Waals surface area contributed by atoms with Crippen LogP contribution in [0.5, 0.6) is 0 Å². The molecule has 3 N–H and O–H groups in total. The van der Waals surface area contributed by atoms with E-state index in [1.807, 2.05) is 0 Å². The summed E-state index contributed by atoms with van der Waals surface area (Å²) in [6, 6.07) is 0. The van der Waals surface area contributed by atoms with E-state index in [9.17, 15) is 14.4 Å². The third-order valence-electron chi connectivity index (χ3n) is 1.61. The molecule has 0 saturated heterocycles. The van der Waals surface area contributed by atoms with Crippen molar-refractivity contribution in [3.8, 4) is 0 Å². The fraction of sp³-hybridized carbons (Fsp3) is 0.250. The highest BCUT2D eigenvalue weighted by Gasteiger charge is 2.12. The number of hydrogen-bond donors (Lipinski definition) is 2. The molecule has 1 aromatic heterocycles. The first-order chi connectivity index (χ1) is 7.91. The predicted molar refractivity (Wildman–Crippen MR) is 61.1 cm³/mol. The number of thioether (sulfide) groups is 1. The van der Waals surface area contributed by atoms with E-state index in [2.05, 4.69) is 5.10 Å². The lowest BCUT2D eigenvalue weighted by Gasteiger charge is -2.05. The molecule has 0 bridgehead atoms. The van der Waals surface area contributed by atoms with E-state index in [4.69, 9.17) is 22.4 Å². The highest BCUT2D eigenvalue weighted by atomic mass is 35.5. The number of carbonyl (C=O) groups is 2. The van der Waals surface area contributed by atoms with Gasteiger partial charge in [-0.3, -0.25) is 14.4 Å². The highest BCUT2D eigenvalue weighted by molar-refractivity contribution is 8.00.